The van der Waals surface area contributed by atoms with Gasteiger partial charge in [-0.1, -0.05) is 34.6 Å². The van der Waals surface area contributed by atoms with E-state index < -0.39 is 0 Å². The van der Waals surface area contributed by atoms with Gasteiger partial charge in [-0.2, -0.15) is 0 Å². The number of nitrogens with zero attached hydrogens (tertiary/aromatic N) is 2. The zero-order chi connectivity index (χ0) is 14.7. The summed E-state index contributed by atoms with van der Waals surface area (Å²) in [5.41, 5.74) is 0. The molecular weight excluding hydrogens is 232 g/mol. The highest BCUT2D eigenvalue weighted by Gasteiger charge is 2.13. The van der Waals surface area contributed by atoms with Crippen molar-refractivity contribution in [3.63, 3.8) is 0 Å². The Labute approximate surface area is 122 Å². The summed E-state index contributed by atoms with van der Waals surface area (Å²) in [6, 6.07) is 0. The van der Waals surface area contributed by atoms with Crippen LogP contribution in [0.25, 0.3) is 0 Å². The lowest BCUT2D eigenvalue weighted by molar-refractivity contribution is 0.201. The van der Waals surface area contributed by atoms with Crippen molar-refractivity contribution >= 4 is 0 Å². The minimum atomic E-state index is 0.978. The molecule has 2 saturated heterocycles. The minimum Gasteiger partial charge on any atom is -0.306 e. The van der Waals surface area contributed by atoms with Crippen molar-refractivity contribution in [1.29, 1.82) is 0 Å². The molecule has 0 aromatic carbocycles. The van der Waals surface area contributed by atoms with Crippen LogP contribution in [0.15, 0.2) is 0 Å². The second-order valence-electron chi connectivity index (χ2n) is 6.10. The molecule has 2 aliphatic rings. The lowest BCUT2D eigenvalue weighted by Gasteiger charge is -2.28. The smallest absolute Gasteiger partial charge is 0.00163 e. The standard InChI is InChI=1S/C8H17N.C7H15N.C2H6/c1-3-9-6-4-8(2)5-7-9;1-7-3-5-8(2)6-4-7;1-2/h8H,3-7H2,1-2H3;7H,3-6H2,1-2H3;1-2H3. The maximum absolute atomic E-state index is 2.53. The molecule has 2 rings (SSSR count). The predicted molar refractivity (Wildman–Crippen MR) is 87.8 cm³/mol. The highest BCUT2D eigenvalue weighted by molar-refractivity contribution is 4.67. The summed E-state index contributed by atoms with van der Waals surface area (Å²) in [5, 5.41) is 0. The molecule has 19 heavy (non-hydrogen) atoms. The monoisotopic (exact) mass is 270 g/mol. The second-order valence-corrected chi connectivity index (χ2v) is 6.10. The quantitative estimate of drug-likeness (QED) is 0.707. The van der Waals surface area contributed by atoms with E-state index in [1.54, 1.807) is 0 Å². The van der Waals surface area contributed by atoms with Gasteiger partial charge >= 0.3 is 0 Å². The first-order valence-corrected chi connectivity index (χ1v) is 8.52. The average molecular weight is 271 g/mol. The van der Waals surface area contributed by atoms with Gasteiger partial charge in [0, 0.05) is 0 Å². The normalized spacial score (nSPS) is 23.1. The molecule has 0 atom stereocenters. The van der Waals surface area contributed by atoms with E-state index in [0.29, 0.717) is 0 Å². The van der Waals surface area contributed by atoms with Crippen molar-refractivity contribution in [2.24, 2.45) is 11.8 Å². The molecule has 0 radical (unpaired) electrons. The predicted octanol–water partition coefficient (Wildman–Crippen LogP) is 4.11. The Balaban J connectivity index is 0.000000303. The summed E-state index contributed by atoms with van der Waals surface area (Å²) in [4.78, 5) is 4.93. The Morgan fingerprint density at radius 2 is 1.16 bits per heavy atom. The summed E-state index contributed by atoms with van der Waals surface area (Å²) < 4.78 is 0. The molecule has 0 N–H and O–H groups in total. The lowest BCUT2D eigenvalue weighted by Crippen LogP contribution is -2.32. The van der Waals surface area contributed by atoms with E-state index in [1.807, 2.05) is 13.8 Å². The zero-order valence-electron chi connectivity index (χ0n) is 14.4. The van der Waals surface area contributed by atoms with Crippen molar-refractivity contribution < 1.29 is 0 Å². The molecule has 2 nitrogen and oxygen atoms in total. The Morgan fingerprint density at radius 1 is 0.789 bits per heavy atom. The van der Waals surface area contributed by atoms with Crippen LogP contribution in [0.4, 0.5) is 0 Å². The van der Waals surface area contributed by atoms with Crippen LogP contribution in [0.3, 0.4) is 0 Å². The highest BCUT2D eigenvalue weighted by atomic mass is 15.1. The molecular formula is C17H38N2. The van der Waals surface area contributed by atoms with Crippen LogP contribution in [0.1, 0.15) is 60.3 Å². The molecule has 2 heteroatoms. The van der Waals surface area contributed by atoms with Crippen LogP contribution in [-0.4, -0.2) is 49.6 Å². The largest absolute Gasteiger partial charge is 0.306 e. The van der Waals surface area contributed by atoms with Crippen molar-refractivity contribution in [2.45, 2.75) is 60.3 Å². The second kappa shape index (κ2) is 11.7. The van der Waals surface area contributed by atoms with Gasteiger partial charge in [-0.3, -0.25) is 0 Å². The van der Waals surface area contributed by atoms with E-state index >= 15 is 0 Å². The molecule has 0 saturated carbocycles. The van der Waals surface area contributed by atoms with Gasteiger partial charge in [-0.05, 0) is 77.3 Å². The Morgan fingerprint density at radius 3 is 1.47 bits per heavy atom. The molecule has 2 aliphatic heterocycles. The third-order valence-corrected chi connectivity index (χ3v) is 4.33. The topological polar surface area (TPSA) is 6.48 Å². The van der Waals surface area contributed by atoms with Crippen LogP contribution in [0, 0.1) is 11.8 Å². The molecule has 2 fully saturated rings. The fraction of sp³-hybridized carbons (Fsp3) is 1.00. The number of hydrogen-bond donors (Lipinski definition) is 0. The summed E-state index contributed by atoms with van der Waals surface area (Å²) in [7, 11) is 2.20. The van der Waals surface area contributed by atoms with Gasteiger partial charge in [0.1, 0.15) is 0 Å². The SMILES string of the molecule is CC.CC1CCN(C)CC1.CCN1CCC(C)CC1. The fourth-order valence-corrected chi connectivity index (χ4v) is 2.52. The summed E-state index contributed by atoms with van der Waals surface area (Å²) in [6.45, 7) is 17.5. The van der Waals surface area contributed by atoms with Crippen LogP contribution < -0.4 is 0 Å². The summed E-state index contributed by atoms with van der Waals surface area (Å²) in [5.74, 6) is 1.96. The van der Waals surface area contributed by atoms with Crippen LogP contribution in [-0.2, 0) is 0 Å². The first-order valence-electron chi connectivity index (χ1n) is 8.52. The number of piperidine rings is 2. The maximum Gasteiger partial charge on any atom is -0.00163 e. The van der Waals surface area contributed by atoms with Gasteiger partial charge in [0.15, 0.2) is 0 Å². The number of hydrogen-bond acceptors (Lipinski definition) is 2. The van der Waals surface area contributed by atoms with Gasteiger partial charge in [-0.15, -0.1) is 0 Å². The third-order valence-electron chi connectivity index (χ3n) is 4.33. The van der Waals surface area contributed by atoms with E-state index in [4.69, 9.17) is 0 Å². The minimum absolute atomic E-state index is 0.978. The van der Waals surface area contributed by atoms with Gasteiger partial charge < -0.3 is 9.80 Å². The maximum atomic E-state index is 2.53. The Bertz CT molecular complexity index is 168. The van der Waals surface area contributed by atoms with Crippen LogP contribution >= 0.6 is 0 Å². The number of rotatable bonds is 1. The zero-order valence-corrected chi connectivity index (χ0v) is 14.4. The third kappa shape index (κ3) is 9.45. The van der Waals surface area contributed by atoms with Crippen molar-refractivity contribution in [3.8, 4) is 0 Å². The highest BCUT2D eigenvalue weighted by Crippen LogP contribution is 2.15. The summed E-state index contributed by atoms with van der Waals surface area (Å²) >= 11 is 0. The molecule has 116 valence electrons. The van der Waals surface area contributed by atoms with Gasteiger partial charge in [-0.25, -0.2) is 0 Å². The molecule has 0 aliphatic carbocycles. The van der Waals surface area contributed by atoms with Gasteiger partial charge in [0.2, 0.25) is 0 Å². The van der Waals surface area contributed by atoms with Gasteiger partial charge in [0.05, 0.1) is 0 Å². The molecule has 2 heterocycles. The molecule has 0 amide bonds. The van der Waals surface area contributed by atoms with E-state index in [0.717, 1.165) is 11.8 Å². The van der Waals surface area contributed by atoms with E-state index in [-0.39, 0.29) is 0 Å². The first-order chi connectivity index (χ1) is 9.11. The molecule has 0 aromatic rings. The molecule has 0 bridgehead atoms. The summed E-state index contributed by atoms with van der Waals surface area (Å²) in [6.07, 6.45) is 5.62. The van der Waals surface area contributed by atoms with E-state index in [9.17, 15) is 0 Å². The van der Waals surface area contributed by atoms with Crippen LogP contribution in [0.2, 0.25) is 0 Å². The van der Waals surface area contributed by atoms with Crippen molar-refractivity contribution in [1.82, 2.24) is 9.80 Å². The number of likely N-dealkylation sites (tertiary alicyclic amines) is 2. The van der Waals surface area contributed by atoms with E-state index in [1.165, 1.54) is 58.4 Å². The first kappa shape index (κ1) is 18.9. The molecule has 0 aromatic heterocycles. The molecule has 0 unspecified atom stereocenters. The van der Waals surface area contributed by atoms with E-state index in [2.05, 4.69) is 37.6 Å². The lowest BCUT2D eigenvalue weighted by atomic mass is 9.99. The van der Waals surface area contributed by atoms with Crippen LogP contribution in [0.5, 0.6) is 0 Å². The Kier molecular flexibility index (Phi) is 11.7. The van der Waals surface area contributed by atoms with Gasteiger partial charge in [0.25, 0.3) is 0 Å². The fourth-order valence-electron chi connectivity index (χ4n) is 2.52. The Hall–Kier alpha value is -0.0800. The average Bonchev–Trinajstić information content (AvgIpc) is 2.46. The molecule has 0 spiro atoms. The van der Waals surface area contributed by atoms with Crippen molar-refractivity contribution in [3.05, 3.63) is 0 Å². The van der Waals surface area contributed by atoms with Crippen molar-refractivity contribution in [2.75, 3.05) is 39.8 Å².